The van der Waals surface area contributed by atoms with Crippen molar-refractivity contribution in [2.45, 2.75) is 95.6 Å². The van der Waals surface area contributed by atoms with E-state index in [1.165, 1.54) is 21.3 Å². The van der Waals surface area contributed by atoms with Crippen molar-refractivity contribution in [1.82, 2.24) is 5.32 Å². The minimum atomic E-state index is -1.66. The van der Waals surface area contributed by atoms with Crippen LogP contribution in [-0.4, -0.2) is 97.8 Å². The van der Waals surface area contributed by atoms with Crippen molar-refractivity contribution in [3.8, 4) is 0 Å². The summed E-state index contributed by atoms with van der Waals surface area (Å²) in [6.07, 6.45) is -4.61. The van der Waals surface area contributed by atoms with Crippen molar-refractivity contribution in [3.63, 3.8) is 0 Å². The van der Waals surface area contributed by atoms with E-state index in [0.29, 0.717) is 6.42 Å². The third kappa shape index (κ3) is 5.99. The molecule has 9 unspecified atom stereocenters. The molecule has 10 nitrogen and oxygen atoms in total. The molecule has 0 spiro atoms. The zero-order valence-electron chi connectivity index (χ0n) is 21.4. The molecule has 2 aliphatic rings. The summed E-state index contributed by atoms with van der Waals surface area (Å²) in [6, 6.07) is 0. The molecule has 0 radical (unpaired) electrons. The van der Waals surface area contributed by atoms with Gasteiger partial charge in [0.25, 0.3) is 5.91 Å². The molecular formula is C24H43NO9. The standard InChI is InChI=1S/C24H43NO9/c1-13-11-24(32-8,34-15(3)14(13)2)20(28)21(29)25-22(31-7)17-10-18(27)23(4,5)19(33-17)9-16(12-26)30-6/h14-20,22,26-28H,1,9-12H2,2-8H3,(H,25,29). The summed E-state index contributed by atoms with van der Waals surface area (Å²) in [7, 11) is 4.28. The Bertz CT molecular complexity index is 698. The van der Waals surface area contributed by atoms with Crippen LogP contribution in [0.15, 0.2) is 12.2 Å². The summed E-state index contributed by atoms with van der Waals surface area (Å²) in [5, 5.41) is 34.0. The first-order chi connectivity index (χ1) is 15.9. The zero-order valence-corrected chi connectivity index (χ0v) is 21.4. The lowest BCUT2D eigenvalue weighted by atomic mass is 9.74. The first kappa shape index (κ1) is 29.1. The number of aliphatic hydroxyl groups excluding tert-OH is 3. The van der Waals surface area contributed by atoms with Crippen molar-refractivity contribution >= 4 is 5.91 Å². The zero-order chi connectivity index (χ0) is 25.8. The second-order valence-electron chi connectivity index (χ2n) is 10.0. The Morgan fingerprint density at radius 2 is 1.91 bits per heavy atom. The summed E-state index contributed by atoms with van der Waals surface area (Å²) >= 11 is 0. The molecular weight excluding hydrogens is 446 g/mol. The van der Waals surface area contributed by atoms with Gasteiger partial charge in [0.2, 0.25) is 5.79 Å². The van der Waals surface area contributed by atoms with E-state index >= 15 is 0 Å². The van der Waals surface area contributed by atoms with Crippen LogP contribution in [0.25, 0.3) is 0 Å². The van der Waals surface area contributed by atoms with E-state index in [2.05, 4.69) is 11.9 Å². The van der Waals surface area contributed by atoms with Crippen LogP contribution in [0.1, 0.15) is 47.0 Å². The van der Waals surface area contributed by atoms with E-state index in [0.717, 1.165) is 5.57 Å². The summed E-state index contributed by atoms with van der Waals surface area (Å²) in [4.78, 5) is 13.1. The maximum atomic E-state index is 13.1. The Morgan fingerprint density at radius 1 is 1.26 bits per heavy atom. The normalized spacial score (nSPS) is 36.5. The fourth-order valence-corrected chi connectivity index (χ4v) is 4.60. The molecule has 1 amide bonds. The first-order valence-corrected chi connectivity index (χ1v) is 11.8. The van der Waals surface area contributed by atoms with E-state index in [-0.39, 0.29) is 31.5 Å². The molecule has 9 atom stereocenters. The second kappa shape index (κ2) is 11.7. The molecule has 0 aromatic carbocycles. The maximum Gasteiger partial charge on any atom is 0.256 e. The number of ether oxygens (including phenoxy) is 5. The highest BCUT2D eigenvalue weighted by atomic mass is 16.7. The third-order valence-electron chi connectivity index (χ3n) is 7.59. The van der Waals surface area contributed by atoms with Gasteiger partial charge in [0.1, 0.15) is 6.10 Å². The van der Waals surface area contributed by atoms with Crippen LogP contribution >= 0.6 is 0 Å². The minimum Gasteiger partial charge on any atom is -0.394 e. The van der Waals surface area contributed by atoms with Crippen LogP contribution in [0.5, 0.6) is 0 Å². The number of hydrogen-bond donors (Lipinski definition) is 4. The fraction of sp³-hybridized carbons (Fsp3) is 0.875. The Balaban J connectivity index is 2.16. The number of carbonyl (C=O) groups excluding carboxylic acids is 1. The van der Waals surface area contributed by atoms with Crippen LogP contribution in [0.3, 0.4) is 0 Å². The fourth-order valence-electron chi connectivity index (χ4n) is 4.60. The predicted molar refractivity (Wildman–Crippen MR) is 124 cm³/mol. The molecule has 2 aliphatic heterocycles. The monoisotopic (exact) mass is 489 g/mol. The quantitative estimate of drug-likeness (QED) is 0.258. The van der Waals surface area contributed by atoms with E-state index in [9.17, 15) is 20.1 Å². The topological polar surface area (TPSA) is 136 Å². The average molecular weight is 490 g/mol. The summed E-state index contributed by atoms with van der Waals surface area (Å²) in [5.74, 6) is -2.28. The predicted octanol–water partition coefficient (Wildman–Crippen LogP) is 0.722. The lowest BCUT2D eigenvalue weighted by Crippen LogP contribution is -2.62. The third-order valence-corrected chi connectivity index (χ3v) is 7.59. The lowest BCUT2D eigenvalue weighted by molar-refractivity contribution is -0.298. The Kier molecular flexibility index (Phi) is 10.1. The average Bonchev–Trinajstić information content (AvgIpc) is 2.80. The molecule has 0 aliphatic carbocycles. The van der Waals surface area contributed by atoms with Crippen LogP contribution in [-0.2, 0) is 28.5 Å². The molecule has 2 heterocycles. The van der Waals surface area contributed by atoms with E-state index in [1.54, 1.807) is 0 Å². The number of rotatable bonds is 10. The van der Waals surface area contributed by atoms with Gasteiger partial charge in [-0.3, -0.25) is 4.79 Å². The van der Waals surface area contributed by atoms with Crippen molar-refractivity contribution < 1.29 is 43.8 Å². The summed E-state index contributed by atoms with van der Waals surface area (Å²) < 4.78 is 28.4. The second-order valence-corrected chi connectivity index (χ2v) is 10.0. The smallest absolute Gasteiger partial charge is 0.256 e. The largest absolute Gasteiger partial charge is 0.394 e. The minimum absolute atomic E-state index is 0.0533. The molecule has 198 valence electrons. The molecule has 10 heteroatoms. The van der Waals surface area contributed by atoms with E-state index < -0.39 is 53.9 Å². The number of amides is 1. The molecule has 0 aromatic rings. The Labute approximate surface area is 202 Å². The molecule has 2 saturated heterocycles. The van der Waals surface area contributed by atoms with Gasteiger partial charge >= 0.3 is 0 Å². The van der Waals surface area contributed by atoms with Gasteiger partial charge in [-0.15, -0.1) is 0 Å². The van der Waals surface area contributed by atoms with E-state index in [4.69, 9.17) is 23.7 Å². The highest BCUT2D eigenvalue weighted by molar-refractivity contribution is 5.82. The summed E-state index contributed by atoms with van der Waals surface area (Å²) in [5.41, 5.74) is 0.198. The van der Waals surface area contributed by atoms with Gasteiger partial charge in [-0.05, 0) is 6.92 Å². The van der Waals surface area contributed by atoms with Gasteiger partial charge in [0, 0.05) is 51.9 Å². The SMILES string of the molecule is C=C1CC(OC)(C(O)C(=O)NC(OC)C2CC(O)C(C)(C)C(CC(CO)OC)O2)OC(C)C1C. The molecule has 0 aromatic heterocycles. The Morgan fingerprint density at radius 3 is 2.41 bits per heavy atom. The van der Waals surface area contributed by atoms with Gasteiger partial charge in [-0.2, -0.15) is 0 Å². The number of carbonyl (C=O) groups is 1. The van der Waals surface area contributed by atoms with E-state index in [1.807, 2.05) is 27.7 Å². The number of methoxy groups -OCH3 is 3. The van der Waals surface area contributed by atoms with Crippen LogP contribution < -0.4 is 5.32 Å². The van der Waals surface area contributed by atoms with Gasteiger partial charge in [0.15, 0.2) is 12.3 Å². The molecule has 2 fully saturated rings. The highest BCUT2D eigenvalue weighted by Crippen LogP contribution is 2.40. The van der Waals surface area contributed by atoms with Gasteiger partial charge < -0.3 is 44.3 Å². The number of nitrogens with one attached hydrogen (secondary N) is 1. The van der Waals surface area contributed by atoms with Crippen LogP contribution in [0.4, 0.5) is 0 Å². The Hall–Kier alpha value is -1.11. The van der Waals surface area contributed by atoms with Gasteiger partial charge in [0.05, 0.1) is 31.0 Å². The first-order valence-electron chi connectivity index (χ1n) is 11.8. The van der Waals surface area contributed by atoms with Gasteiger partial charge in [-0.1, -0.05) is 32.9 Å². The van der Waals surface area contributed by atoms with Crippen LogP contribution in [0.2, 0.25) is 0 Å². The molecule has 4 N–H and O–H groups in total. The highest BCUT2D eigenvalue weighted by Gasteiger charge is 2.51. The van der Waals surface area contributed by atoms with Crippen molar-refractivity contribution in [2.24, 2.45) is 11.3 Å². The molecule has 0 saturated carbocycles. The molecule has 0 bridgehead atoms. The van der Waals surface area contributed by atoms with Crippen molar-refractivity contribution in [2.75, 3.05) is 27.9 Å². The van der Waals surface area contributed by atoms with Gasteiger partial charge in [-0.25, -0.2) is 0 Å². The molecule has 34 heavy (non-hydrogen) atoms. The summed E-state index contributed by atoms with van der Waals surface area (Å²) in [6.45, 7) is 11.4. The van der Waals surface area contributed by atoms with Crippen LogP contribution in [0, 0.1) is 11.3 Å². The maximum absolute atomic E-state index is 13.1. The van der Waals surface area contributed by atoms with Crippen molar-refractivity contribution in [1.29, 1.82) is 0 Å². The number of aliphatic hydroxyl groups is 3. The molecule has 2 rings (SSSR count). The lowest BCUT2D eigenvalue weighted by Gasteiger charge is -2.48. The van der Waals surface area contributed by atoms with Crippen molar-refractivity contribution in [3.05, 3.63) is 12.2 Å². The number of hydrogen-bond acceptors (Lipinski definition) is 9.